The van der Waals surface area contributed by atoms with E-state index >= 15 is 0 Å². The zero-order valence-corrected chi connectivity index (χ0v) is 16.8. The van der Waals surface area contributed by atoms with E-state index in [9.17, 15) is 31.5 Å². The monoisotopic (exact) mass is 453 g/mol. The number of hydrogen-bond donors (Lipinski definition) is 2. The first-order valence-electron chi connectivity index (χ1n) is 9.06. The number of benzene rings is 2. The Hall–Kier alpha value is -3.11. The molecule has 3 rings (SSSR count). The first kappa shape index (κ1) is 22.6. The zero-order chi connectivity index (χ0) is 22.6. The molecule has 0 aliphatic heterocycles. The van der Waals surface area contributed by atoms with Gasteiger partial charge in [0.1, 0.15) is 0 Å². The van der Waals surface area contributed by atoms with Crippen molar-refractivity contribution in [2.75, 3.05) is 6.54 Å². The van der Waals surface area contributed by atoms with Crippen molar-refractivity contribution < 1.29 is 35.9 Å². The van der Waals surface area contributed by atoms with Crippen molar-refractivity contribution in [1.29, 1.82) is 0 Å². The lowest BCUT2D eigenvalue weighted by atomic mass is 10.0. The maximum Gasteiger partial charge on any atom is 0.416 e. The first-order valence-corrected chi connectivity index (χ1v) is 10.7. The molecule has 0 spiro atoms. The van der Waals surface area contributed by atoms with Gasteiger partial charge in [-0.1, -0.05) is 36.4 Å². The summed E-state index contributed by atoms with van der Waals surface area (Å²) in [4.78, 5) is 12.5. The lowest BCUT2D eigenvalue weighted by Gasteiger charge is -2.17. The molecule has 0 saturated heterocycles. The molecule has 0 bridgehead atoms. The van der Waals surface area contributed by atoms with Crippen molar-refractivity contribution in [3.63, 3.8) is 0 Å². The summed E-state index contributed by atoms with van der Waals surface area (Å²) in [6, 6.07) is 13.4. The fourth-order valence-electron chi connectivity index (χ4n) is 2.99. The Morgan fingerprint density at radius 1 is 1.03 bits per heavy atom. The van der Waals surface area contributed by atoms with Crippen molar-refractivity contribution in [2.45, 2.75) is 22.9 Å². The van der Waals surface area contributed by atoms with Crippen molar-refractivity contribution in [3.8, 4) is 0 Å². The highest BCUT2D eigenvalue weighted by atomic mass is 32.2. The van der Waals surface area contributed by atoms with Crippen LogP contribution in [0.3, 0.4) is 0 Å². The number of furan rings is 1. The second kappa shape index (κ2) is 8.94. The highest BCUT2D eigenvalue weighted by Crippen LogP contribution is 2.34. The Bertz CT molecular complexity index is 1160. The van der Waals surface area contributed by atoms with E-state index in [-0.39, 0.29) is 21.8 Å². The summed E-state index contributed by atoms with van der Waals surface area (Å²) in [7, 11) is -3.75. The normalized spacial score (nSPS) is 13.0. The molecule has 1 atom stereocenters. The van der Waals surface area contributed by atoms with E-state index in [2.05, 4.69) is 5.32 Å². The van der Waals surface area contributed by atoms with E-state index in [1.54, 1.807) is 18.2 Å². The van der Waals surface area contributed by atoms with Gasteiger partial charge in [0.05, 0.1) is 28.6 Å². The summed E-state index contributed by atoms with van der Waals surface area (Å²) in [6.07, 6.45) is -5.16. The maximum atomic E-state index is 13.1. The average Bonchev–Trinajstić information content (AvgIpc) is 3.19. The molecule has 1 heterocycles. The average molecular weight is 453 g/mol. The SMILES string of the molecule is O=C(NCC(O)c1ccccc1C(F)(F)F)c1occc1CS(=O)(=O)c1ccccc1. The molecular weight excluding hydrogens is 435 g/mol. The molecule has 0 saturated carbocycles. The number of aliphatic hydroxyl groups is 1. The van der Waals surface area contributed by atoms with Crippen molar-refractivity contribution in [1.82, 2.24) is 5.32 Å². The maximum absolute atomic E-state index is 13.1. The van der Waals surface area contributed by atoms with Gasteiger partial charge in [0, 0.05) is 12.1 Å². The third kappa shape index (κ3) is 5.33. The number of hydrogen-bond acceptors (Lipinski definition) is 5. The molecule has 1 amide bonds. The number of rotatable bonds is 7. The minimum absolute atomic E-state index is 0.0711. The Labute approximate surface area is 176 Å². The second-order valence-electron chi connectivity index (χ2n) is 6.66. The molecule has 2 N–H and O–H groups in total. The van der Waals surface area contributed by atoms with Crippen LogP contribution >= 0.6 is 0 Å². The molecular formula is C21H18F3NO5S. The molecule has 0 radical (unpaired) electrons. The van der Waals surface area contributed by atoms with E-state index in [0.29, 0.717) is 0 Å². The number of sulfone groups is 1. The van der Waals surface area contributed by atoms with Crippen LogP contribution in [-0.2, 0) is 21.8 Å². The number of alkyl halides is 3. The van der Waals surface area contributed by atoms with Gasteiger partial charge < -0.3 is 14.8 Å². The molecule has 6 nitrogen and oxygen atoms in total. The van der Waals surface area contributed by atoms with Gasteiger partial charge >= 0.3 is 6.18 Å². The molecule has 10 heteroatoms. The molecule has 164 valence electrons. The zero-order valence-electron chi connectivity index (χ0n) is 16.0. The number of halogens is 3. The molecule has 3 aromatic rings. The molecule has 2 aromatic carbocycles. The number of carbonyl (C=O) groups excluding carboxylic acids is 1. The van der Waals surface area contributed by atoms with Crippen molar-refractivity contribution in [3.05, 3.63) is 89.4 Å². The Balaban J connectivity index is 1.72. The van der Waals surface area contributed by atoms with Crippen LogP contribution in [0.4, 0.5) is 13.2 Å². The molecule has 0 aliphatic rings. The van der Waals surface area contributed by atoms with Crippen LogP contribution in [0.1, 0.15) is 33.3 Å². The van der Waals surface area contributed by atoms with Gasteiger partial charge in [0.2, 0.25) is 0 Å². The summed E-state index contributed by atoms with van der Waals surface area (Å²) in [5, 5.41) is 12.5. The summed E-state index contributed by atoms with van der Waals surface area (Å²) in [5.74, 6) is -1.65. The van der Waals surface area contributed by atoms with Crippen LogP contribution in [0, 0.1) is 0 Å². The van der Waals surface area contributed by atoms with Gasteiger partial charge in [-0.05, 0) is 29.8 Å². The molecule has 1 aromatic heterocycles. The minimum atomic E-state index is -4.67. The van der Waals surface area contributed by atoms with Gasteiger partial charge in [0.25, 0.3) is 5.91 Å². The third-order valence-corrected chi connectivity index (χ3v) is 6.16. The van der Waals surface area contributed by atoms with Gasteiger partial charge in [-0.25, -0.2) is 8.42 Å². The van der Waals surface area contributed by atoms with E-state index in [0.717, 1.165) is 18.4 Å². The number of amides is 1. The predicted molar refractivity (Wildman–Crippen MR) is 105 cm³/mol. The van der Waals surface area contributed by atoms with Gasteiger partial charge in [-0.15, -0.1) is 0 Å². The minimum Gasteiger partial charge on any atom is -0.459 e. The number of carbonyl (C=O) groups is 1. The molecule has 0 fully saturated rings. The highest BCUT2D eigenvalue weighted by Gasteiger charge is 2.34. The first-order chi connectivity index (χ1) is 14.6. The van der Waals surface area contributed by atoms with Crippen LogP contribution in [0.2, 0.25) is 0 Å². The van der Waals surface area contributed by atoms with Crippen molar-refractivity contribution >= 4 is 15.7 Å². The van der Waals surface area contributed by atoms with E-state index in [1.165, 1.54) is 30.3 Å². The fraction of sp³-hybridized carbons (Fsp3) is 0.190. The summed E-state index contributed by atoms with van der Waals surface area (Å²) in [6.45, 7) is -0.530. The van der Waals surface area contributed by atoms with Gasteiger partial charge in [-0.2, -0.15) is 13.2 Å². The quantitative estimate of drug-likeness (QED) is 0.568. The highest BCUT2D eigenvalue weighted by molar-refractivity contribution is 7.90. The second-order valence-corrected chi connectivity index (χ2v) is 8.65. The van der Waals surface area contributed by atoms with E-state index in [4.69, 9.17) is 4.42 Å². The lowest BCUT2D eigenvalue weighted by molar-refractivity contribution is -0.139. The standard InChI is InChI=1S/C21H18F3NO5S/c22-21(23,24)17-9-5-4-8-16(17)18(26)12-25-20(27)19-14(10-11-30-19)13-31(28,29)15-6-2-1-3-7-15/h1-11,18,26H,12-13H2,(H,25,27). The van der Waals surface area contributed by atoms with Crippen LogP contribution in [0.5, 0.6) is 0 Å². The van der Waals surface area contributed by atoms with Crippen molar-refractivity contribution in [2.24, 2.45) is 0 Å². The number of nitrogens with one attached hydrogen (secondary N) is 1. The summed E-state index contributed by atoms with van der Waals surface area (Å²) in [5.41, 5.74) is -1.31. The molecule has 31 heavy (non-hydrogen) atoms. The Morgan fingerprint density at radius 3 is 2.35 bits per heavy atom. The fourth-order valence-corrected chi connectivity index (χ4v) is 4.37. The van der Waals surface area contributed by atoms with Crippen LogP contribution in [0.25, 0.3) is 0 Å². The smallest absolute Gasteiger partial charge is 0.416 e. The van der Waals surface area contributed by atoms with Crippen LogP contribution in [0.15, 0.2) is 76.2 Å². The lowest BCUT2D eigenvalue weighted by Crippen LogP contribution is -2.29. The van der Waals surface area contributed by atoms with E-state index in [1.807, 2.05) is 0 Å². The largest absolute Gasteiger partial charge is 0.459 e. The third-order valence-electron chi connectivity index (χ3n) is 4.48. The topological polar surface area (TPSA) is 96.6 Å². The summed E-state index contributed by atoms with van der Waals surface area (Å²) < 4.78 is 69.5. The Kier molecular flexibility index (Phi) is 6.51. The van der Waals surface area contributed by atoms with E-state index < -0.39 is 45.9 Å². The van der Waals surface area contributed by atoms with Crippen LogP contribution < -0.4 is 5.32 Å². The summed E-state index contributed by atoms with van der Waals surface area (Å²) >= 11 is 0. The molecule has 1 unspecified atom stereocenters. The predicted octanol–water partition coefficient (Wildman–Crippen LogP) is 3.74. The van der Waals surface area contributed by atoms with Crippen LogP contribution in [-0.4, -0.2) is 26.0 Å². The molecule has 0 aliphatic carbocycles. The number of aliphatic hydroxyl groups excluding tert-OH is 1. The van der Waals surface area contributed by atoms with Gasteiger partial charge in [-0.3, -0.25) is 4.79 Å². The van der Waals surface area contributed by atoms with Gasteiger partial charge in [0.15, 0.2) is 15.6 Å². The Morgan fingerprint density at radius 2 is 1.68 bits per heavy atom.